The van der Waals surface area contributed by atoms with Crippen LogP contribution >= 0.6 is 0 Å². The largest absolute Gasteiger partial charge is 0.412 e. The summed E-state index contributed by atoms with van der Waals surface area (Å²) in [5.41, 5.74) is 4.56. The second kappa shape index (κ2) is 9.70. The first-order chi connectivity index (χ1) is 10.3. The van der Waals surface area contributed by atoms with Gasteiger partial charge in [0, 0.05) is 0 Å². The van der Waals surface area contributed by atoms with Crippen LogP contribution in [0.1, 0.15) is 48.9 Å². The van der Waals surface area contributed by atoms with Crippen LogP contribution in [0.15, 0.2) is 48.5 Å². The van der Waals surface area contributed by atoms with Gasteiger partial charge in [0.1, 0.15) is 11.6 Å². The van der Waals surface area contributed by atoms with Crippen molar-refractivity contribution in [2.45, 2.75) is 40.5 Å². The predicted octanol–water partition coefficient (Wildman–Crippen LogP) is 3.79. The molecule has 0 aliphatic rings. The molecule has 0 unspecified atom stereocenters. The van der Waals surface area contributed by atoms with Gasteiger partial charge in [-0.2, -0.15) is 0 Å². The number of hydrogen-bond donors (Lipinski definition) is 0. The molecule has 2 N–H and O–H groups in total. The third-order valence-electron chi connectivity index (χ3n) is 3.23. The van der Waals surface area contributed by atoms with Gasteiger partial charge in [0.2, 0.25) is 0 Å². The average molecular weight is 314 g/mol. The molecule has 0 bridgehead atoms. The highest BCUT2D eigenvalue weighted by Crippen LogP contribution is 2.26. The van der Waals surface area contributed by atoms with Crippen LogP contribution < -0.4 is 0 Å². The predicted molar refractivity (Wildman–Crippen MR) is 94.9 cm³/mol. The van der Waals surface area contributed by atoms with Gasteiger partial charge in [-0.3, -0.25) is 4.79 Å². The van der Waals surface area contributed by atoms with Gasteiger partial charge in [-0.05, 0) is 45.7 Å². The number of carbonyl (C=O) groups excluding carboxylic acids is 2. The fourth-order valence-corrected chi connectivity index (χ4v) is 2.18. The molecule has 3 heteroatoms. The summed E-state index contributed by atoms with van der Waals surface area (Å²) in [5.74, 6) is 0.203. The Labute approximate surface area is 138 Å². The highest BCUT2D eigenvalue weighted by molar-refractivity contribution is 5.86. The maximum atomic E-state index is 11.9. The SMILES string of the molecule is CC(=O)C(c1ccc(C)cc1)c1ccc(C)cc1.CC(C)=O.O. The number of carbonyl (C=O) groups is 2. The van der Waals surface area contributed by atoms with Crippen LogP contribution in [0.25, 0.3) is 0 Å². The number of aryl methyl sites for hydroxylation is 2. The lowest BCUT2D eigenvalue weighted by molar-refractivity contribution is -0.117. The van der Waals surface area contributed by atoms with Gasteiger partial charge in [-0.1, -0.05) is 59.7 Å². The number of hydrogen-bond acceptors (Lipinski definition) is 2. The topological polar surface area (TPSA) is 65.6 Å². The molecule has 2 aromatic carbocycles. The van der Waals surface area contributed by atoms with E-state index in [-0.39, 0.29) is 23.0 Å². The smallest absolute Gasteiger partial charge is 0.141 e. The fourth-order valence-electron chi connectivity index (χ4n) is 2.18. The van der Waals surface area contributed by atoms with Gasteiger partial charge in [0.05, 0.1) is 5.92 Å². The van der Waals surface area contributed by atoms with E-state index >= 15 is 0 Å². The molecule has 0 aromatic heterocycles. The summed E-state index contributed by atoms with van der Waals surface area (Å²) >= 11 is 0. The molecule has 0 fully saturated rings. The van der Waals surface area contributed by atoms with Crippen molar-refractivity contribution >= 4 is 11.6 Å². The van der Waals surface area contributed by atoms with E-state index in [1.54, 1.807) is 6.92 Å². The van der Waals surface area contributed by atoms with Crippen LogP contribution in [0.4, 0.5) is 0 Å². The maximum absolute atomic E-state index is 11.9. The van der Waals surface area contributed by atoms with Gasteiger partial charge in [-0.25, -0.2) is 0 Å². The third kappa shape index (κ3) is 7.02. The number of rotatable bonds is 3. The van der Waals surface area contributed by atoms with E-state index in [1.807, 2.05) is 24.3 Å². The lowest BCUT2D eigenvalue weighted by Crippen LogP contribution is -2.10. The molecule has 3 nitrogen and oxygen atoms in total. The summed E-state index contributed by atoms with van der Waals surface area (Å²) < 4.78 is 0. The molecule has 0 saturated heterocycles. The zero-order valence-electron chi connectivity index (χ0n) is 14.5. The Morgan fingerprint density at radius 2 is 0.957 bits per heavy atom. The van der Waals surface area contributed by atoms with E-state index in [9.17, 15) is 9.59 Å². The Bertz CT molecular complexity index is 575. The van der Waals surface area contributed by atoms with E-state index in [2.05, 4.69) is 38.1 Å². The summed E-state index contributed by atoms with van der Waals surface area (Å²) in [4.78, 5) is 21.4. The minimum Gasteiger partial charge on any atom is -0.412 e. The van der Waals surface area contributed by atoms with E-state index in [1.165, 1.54) is 25.0 Å². The molecule has 0 aliphatic heterocycles. The molecule has 2 aromatic rings. The molecule has 0 heterocycles. The number of benzene rings is 2. The van der Waals surface area contributed by atoms with Gasteiger partial charge >= 0.3 is 0 Å². The summed E-state index contributed by atoms with van der Waals surface area (Å²) in [5, 5.41) is 0. The summed E-state index contributed by atoms with van der Waals surface area (Å²) in [6.07, 6.45) is 0. The maximum Gasteiger partial charge on any atom is 0.141 e. The highest BCUT2D eigenvalue weighted by atomic mass is 16.1. The van der Waals surface area contributed by atoms with Gasteiger partial charge < -0.3 is 10.3 Å². The van der Waals surface area contributed by atoms with Crippen LogP contribution in [-0.4, -0.2) is 17.0 Å². The van der Waals surface area contributed by atoms with E-state index in [0.29, 0.717) is 0 Å². The molecular weight excluding hydrogens is 288 g/mol. The Balaban J connectivity index is 0.000000871. The van der Waals surface area contributed by atoms with Crippen molar-refractivity contribution in [1.82, 2.24) is 0 Å². The average Bonchev–Trinajstić information content (AvgIpc) is 2.42. The fraction of sp³-hybridized carbons (Fsp3) is 0.300. The van der Waals surface area contributed by atoms with Gasteiger partial charge in [0.25, 0.3) is 0 Å². The van der Waals surface area contributed by atoms with Crippen molar-refractivity contribution in [3.8, 4) is 0 Å². The van der Waals surface area contributed by atoms with Crippen molar-refractivity contribution in [2.75, 3.05) is 0 Å². The van der Waals surface area contributed by atoms with Crippen LogP contribution in [-0.2, 0) is 9.59 Å². The summed E-state index contributed by atoms with van der Waals surface area (Å²) in [7, 11) is 0. The zero-order valence-corrected chi connectivity index (χ0v) is 14.5. The molecule has 23 heavy (non-hydrogen) atoms. The quantitative estimate of drug-likeness (QED) is 0.865. The lowest BCUT2D eigenvalue weighted by atomic mass is 9.87. The summed E-state index contributed by atoms with van der Waals surface area (Å²) in [6.45, 7) is 8.82. The van der Waals surface area contributed by atoms with Crippen molar-refractivity contribution < 1.29 is 15.1 Å². The molecule has 0 atom stereocenters. The first kappa shape index (κ1) is 20.7. The van der Waals surface area contributed by atoms with Crippen molar-refractivity contribution in [3.05, 3.63) is 70.8 Å². The van der Waals surface area contributed by atoms with Crippen molar-refractivity contribution in [1.29, 1.82) is 0 Å². The monoisotopic (exact) mass is 314 g/mol. The molecule has 0 radical (unpaired) electrons. The molecule has 0 saturated carbocycles. The Hall–Kier alpha value is -2.26. The number of ketones is 2. The standard InChI is InChI=1S/C17H18O.C3H6O.H2O/c1-12-4-8-15(9-5-12)17(14(3)18)16-10-6-13(2)7-11-16;1-3(2)4;/h4-11,17H,1-3H3;1-2H3;1H2. The molecular formula is C20H26O3. The molecule has 124 valence electrons. The Morgan fingerprint density at radius 3 is 1.17 bits per heavy atom. The van der Waals surface area contributed by atoms with Crippen LogP contribution in [0.3, 0.4) is 0 Å². The Kier molecular flexibility index (Phi) is 8.74. The molecule has 0 amide bonds. The van der Waals surface area contributed by atoms with Crippen molar-refractivity contribution in [3.63, 3.8) is 0 Å². The number of Topliss-reactive ketones (excluding diaryl/α,β-unsaturated/α-hetero) is 2. The minimum atomic E-state index is -0.147. The molecule has 2 rings (SSSR count). The lowest BCUT2D eigenvalue weighted by Gasteiger charge is -2.15. The molecule has 0 spiro atoms. The summed E-state index contributed by atoms with van der Waals surface area (Å²) in [6, 6.07) is 16.4. The van der Waals surface area contributed by atoms with Crippen LogP contribution in [0.2, 0.25) is 0 Å². The first-order valence-corrected chi connectivity index (χ1v) is 7.42. The van der Waals surface area contributed by atoms with Crippen molar-refractivity contribution in [2.24, 2.45) is 0 Å². The van der Waals surface area contributed by atoms with E-state index in [0.717, 1.165) is 11.1 Å². The highest BCUT2D eigenvalue weighted by Gasteiger charge is 2.18. The second-order valence-corrected chi connectivity index (χ2v) is 5.77. The Morgan fingerprint density at radius 1 is 0.696 bits per heavy atom. The van der Waals surface area contributed by atoms with E-state index < -0.39 is 0 Å². The third-order valence-corrected chi connectivity index (χ3v) is 3.23. The molecule has 0 aliphatic carbocycles. The van der Waals surface area contributed by atoms with Gasteiger partial charge in [-0.15, -0.1) is 0 Å². The minimum absolute atomic E-state index is 0. The zero-order chi connectivity index (χ0) is 16.7. The normalized spacial score (nSPS) is 9.48. The van der Waals surface area contributed by atoms with Crippen LogP contribution in [0.5, 0.6) is 0 Å². The first-order valence-electron chi connectivity index (χ1n) is 7.42. The second-order valence-electron chi connectivity index (χ2n) is 5.77. The van der Waals surface area contributed by atoms with Crippen LogP contribution in [0, 0.1) is 13.8 Å². The van der Waals surface area contributed by atoms with E-state index in [4.69, 9.17) is 0 Å². The van der Waals surface area contributed by atoms with Gasteiger partial charge in [0.15, 0.2) is 0 Å².